The lowest BCUT2D eigenvalue weighted by Crippen LogP contribution is -2.31. The molecule has 1 unspecified atom stereocenters. The number of esters is 1. The second kappa shape index (κ2) is 7.06. The highest BCUT2D eigenvalue weighted by molar-refractivity contribution is 9.10. The van der Waals surface area contributed by atoms with Gasteiger partial charge in [0, 0.05) is 4.47 Å². The van der Waals surface area contributed by atoms with Crippen LogP contribution < -0.4 is 10.3 Å². The fraction of sp³-hybridized carbons (Fsp3) is 0.167. The van der Waals surface area contributed by atoms with E-state index in [1.165, 1.54) is 25.1 Å². The Kier molecular flexibility index (Phi) is 4.85. The maximum absolute atomic E-state index is 12.9. The number of halogens is 1. The van der Waals surface area contributed by atoms with Gasteiger partial charge in [-0.2, -0.15) is 0 Å². The monoisotopic (exact) mass is 402 g/mol. The lowest BCUT2D eigenvalue weighted by molar-refractivity contribution is -0.143. The van der Waals surface area contributed by atoms with Crippen molar-refractivity contribution in [1.29, 1.82) is 0 Å². The molecule has 1 atom stereocenters. The molecule has 0 amide bonds. The summed E-state index contributed by atoms with van der Waals surface area (Å²) >= 11 is 3.35. The Hall–Kier alpha value is -2.67. The summed E-state index contributed by atoms with van der Waals surface area (Å²) in [4.78, 5) is 29.6. The molecule has 0 spiro atoms. The van der Waals surface area contributed by atoms with Gasteiger partial charge in [-0.05, 0) is 35.9 Å². The predicted octanol–water partition coefficient (Wildman–Crippen LogP) is 2.93. The summed E-state index contributed by atoms with van der Waals surface area (Å²) in [5.74, 6) is 0.0162. The third-order valence-electron chi connectivity index (χ3n) is 3.86. The highest BCUT2D eigenvalue weighted by atomic mass is 79.9. The van der Waals surface area contributed by atoms with Crippen LogP contribution >= 0.6 is 15.9 Å². The number of hydrogen-bond acceptors (Lipinski definition) is 5. The van der Waals surface area contributed by atoms with Crippen LogP contribution in [0.15, 0.2) is 58.1 Å². The second-order valence-electron chi connectivity index (χ2n) is 5.32. The van der Waals surface area contributed by atoms with Gasteiger partial charge in [0.25, 0.3) is 5.56 Å². The van der Waals surface area contributed by atoms with Gasteiger partial charge in [-0.25, -0.2) is 9.78 Å². The van der Waals surface area contributed by atoms with E-state index < -0.39 is 12.0 Å². The molecule has 0 radical (unpaired) electrons. The minimum Gasteiger partial charge on any atom is -0.497 e. The molecule has 128 valence electrons. The number of benzene rings is 2. The third-order valence-corrected chi connectivity index (χ3v) is 4.35. The standard InChI is InChI=1S/C18H15BrN2O4/c1-24-13-5-3-4-11(8-13)16(18(23)25-2)21-10-20-15-7-6-12(19)9-14(15)17(21)22/h3-10,16H,1-2H3. The topological polar surface area (TPSA) is 70.4 Å². The van der Waals surface area contributed by atoms with Gasteiger partial charge >= 0.3 is 5.97 Å². The van der Waals surface area contributed by atoms with Gasteiger partial charge in [-0.3, -0.25) is 9.36 Å². The van der Waals surface area contributed by atoms with E-state index in [1.54, 1.807) is 42.5 Å². The molecule has 0 N–H and O–H groups in total. The van der Waals surface area contributed by atoms with E-state index in [1.807, 2.05) is 0 Å². The Balaban J connectivity index is 2.23. The number of nitrogens with zero attached hydrogens (tertiary/aromatic N) is 2. The van der Waals surface area contributed by atoms with Crippen LogP contribution in [0.3, 0.4) is 0 Å². The Morgan fingerprint density at radius 2 is 2.00 bits per heavy atom. The smallest absolute Gasteiger partial charge is 0.333 e. The van der Waals surface area contributed by atoms with Crippen molar-refractivity contribution in [2.24, 2.45) is 0 Å². The molecular formula is C18H15BrN2O4. The molecule has 1 aromatic heterocycles. The van der Waals surface area contributed by atoms with Gasteiger partial charge in [-0.1, -0.05) is 28.1 Å². The molecule has 0 aliphatic rings. The SMILES string of the molecule is COC(=O)C(c1cccc(OC)c1)n1cnc2ccc(Br)cc2c1=O. The number of rotatable bonds is 4. The highest BCUT2D eigenvalue weighted by Gasteiger charge is 2.26. The van der Waals surface area contributed by atoms with Crippen molar-refractivity contribution < 1.29 is 14.3 Å². The number of fused-ring (bicyclic) bond motifs is 1. The van der Waals surface area contributed by atoms with Gasteiger partial charge < -0.3 is 9.47 Å². The zero-order chi connectivity index (χ0) is 18.0. The largest absolute Gasteiger partial charge is 0.497 e. The first-order chi connectivity index (χ1) is 12.0. The van der Waals surface area contributed by atoms with Crippen molar-refractivity contribution in [1.82, 2.24) is 9.55 Å². The fourth-order valence-electron chi connectivity index (χ4n) is 2.63. The summed E-state index contributed by atoms with van der Waals surface area (Å²) in [6.07, 6.45) is 1.36. The lowest BCUT2D eigenvalue weighted by atomic mass is 10.1. The van der Waals surface area contributed by atoms with Crippen molar-refractivity contribution >= 4 is 32.8 Å². The number of carbonyl (C=O) groups excluding carboxylic acids is 1. The van der Waals surface area contributed by atoms with E-state index in [-0.39, 0.29) is 5.56 Å². The third kappa shape index (κ3) is 3.28. The average Bonchev–Trinajstić information content (AvgIpc) is 2.64. The van der Waals surface area contributed by atoms with Gasteiger partial charge in [0.15, 0.2) is 6.04 Å². The quantitative estimate of drug-likeness (QED) is 0.627. The van der Waals surface area contributed by atoms with Gasteiger partial charge in [-0.15, -0.1) is 0 Å². The zero-order valence-corrected chi connectivity index (χ0v) is 15.2. The van der Waals surface area contributed by atoms with Crippen LogP contribution in [0.5, 0.6) is 5.75 Å². The fourth-order valence-corrected chi connectivity index (χ4v) is 2.99. The van der Waals surface area contributed by atoms with Gasteiger partial charge in [0.05, 0.1) is 31.4 Å². The predicted molar refractivity (Wildman–Crippen MR) is 96.9 cm³/mol. The normalized spacial score (nSPS) is 12.0. The van der Waals surface area contributed by atoms with E-state index in [4.69, 9.17) is 9.47 Å². The highest BCUT2D eigenvalue weighted by Crippen LogP contribution is 2.24. The molecule has 0 fully saturated rings. The Bertz CT molecular complexity index is 1000. The molecule has 7 heteroatoms. The van der Waals surface area contributed by atoms with E-state index >= 15 is 0 Å². The molecule has 0 aliphatic carbocycles. The number of carbonyl (C=O) groups is 1. The van der Waals surface area contributed by atoms with E-state index in [0.29, 0.717) is 22.2 Å². The lowest BCUT2D eigenvalue weighted by Gasteiger charge is -2.18. The van der Waals surface area contributed by atoms with Crippen molar-refractivity contribution in [2.45, 2.75) is 6.04 Å². The van der Waals surface area contributed by atoms with Gasteiger partial charge in [0.1, 0.15) is 5.75 Å². The summed E-state index contributed by atoms with van der Waals surface area (Å²) < 4.78 is 12.1. The van der Waals surface area contributed by atoms with E-state index in [9.17, 15) is 9.59 Å². The molecule has 0 aliphatic heterocycles. The first kappa shape index (κ1) is 17.2. The van der Waals surface area contributed by atoms with E-state index in [2.05, 4.69) is 20.9 Å². The van der Waals surface area contributed by atoms with Crippen LogP contribution in [0.25, 0.3) is 10.9 Å². The molecule has 3 aromatic rings. The summed E-state index contributed by atoms with van der Waals surface area (Å²) in [5.41, 5.74) is 0.799. The first-order valence-electron chi connectivity index (χ1n) is 7.43. The Morgan fingerprint density at radius 1 is 1.20 bits per heavy atom. The average molecular weight is 403 g/mol. The molecule has 1 heterocycles. The van der Waals surface area contributed by atoms with Crippen LogP contribution in [0.1, 0.15) is 11.6 Å². The number of aromatic nitrogens is 2. The summed E-state index contributed by atoms with van der Waals surface area (Å²) in [5, 5.41) is 0.411. The van der Waals surface area contributed by atoms with Crippen LogP contribution in [-0.4, -0.2) is 29.7 Å². The summed E-state index contributed by atoms with van der Waals surface area (Å²) in [7, 11) is 2.82. The van der Waals surface area contributed by atoms with Crippen molar-refractivity contribution in [2.75, 3.05) is 14.2 Å². The van der Waals surface area contributed by atoms with Crippen LogP contribution in [0.4, 0.5) is 0 Å². The van der Waals surface area contributed by atoms with Crippen molar-refractivity contribution in [3.63, 3.8) is 0 Å². The minimum atomic E-state index is -0.955. The molecule has 0 bridgehead atoms. The number of methoxy groups -OCH3 is 2. The van der Waals surface area contributed by atoms with Crippen LogP contribution in [0, 0.1) is 0 Å². The zero-order valence-electron chi connectivity index (χ0n) is 13.6. The second-order valence-corrected chi connectivity index (χ2v) is 6.24. The summed E-state index contributed by atoms with van der Waals surface area (Å²) in [6.45, 7) is 0. The van der Waals surface area contributed by atoms with Crippen molar-refractivity contribution in [3.8, 4) is 5.75 Å². The molecule has 2 aromatic carbocycles. The van der Waals surface area contributed by atoms with Crippen LogP contribution in [0.2, 0.25) is 0 Å². The molecule has 6 nitrogen and oxygen atoms in total. The van der Waals surface area contributed by atoms with Crippen LogP contribution in [-0.2, 0) is 9.53 Å². The van der Waals surface area contributed by atoms with Crippen molar-refractivity contribution in [3.05, 3.63) is 69.2 Å². The molecule has 0 saturated heterocycles. The molecule has 0 saturated carbocycles. The Morgan fingerprint density at radius 3 is 2.72 bits per heavy atom. The number of ether oxygens (including phenoxy) is 2. The first-order valence-corrected chi connectivity index (χ1v) is 8.22. The number of hydrogen-bond donors (Lipinski definition) is 0. The minimum absolute atomic E-state index is 0.329. The molecule has 3 rings (SSSR count). The van der Waals surface area contributed by atoms with Gasteiger partial charge in [0.2, 0.25) is 0 Å². The van der Waals surface area contributed by atoms with E-state index in [0.717, 1.165) is 4.47 Å². The molecule has 25 heavy (non-hydrogen) atoms. The summed E-state index contributed by atoms with van der Waals surface area (Å²) in [6, 6.07) is 11.2. The molecular weight excluding hydrogens is 388 g/mol. The maximum Gasteiger partial charge on any atom is 0.333 e. The Labute approximate surface area is 152 Å². The maximum atomic E-state index is 12.9.